The number of aliphatic hydroxyl groups excluding tert-OH is 1. The van der Waals surface area contributed by atoms with Gasteiger partial charge in [-0.1, -0.05) is 24.3 Å². The predicted octanol–water partition coefficient (Wildman–Crippen LogP) is 2.96. The van der Waals surface area contributed by atoms with E-state index < -0.39 is 22.9 Å². The van der Waals surface area contributed by atoms with Gasteiger partial charge in [-0.05, 0) is 31.2 Å². The maximum atomic E-state index is 12.9. The number of esters is 1. The highest BCUT2D eigenvalue weighted by molar-refractivity contribution is 6.28. The van der Waals surface area contributed by atoms with E-state index in [0.29, 0.717) is 5.56 Å². The summed E-state index contributed by atoms with van der Waals surface area (Å²) >= 11 is 0. The lowest BCUT2D eigenvalue weighted by Crippen LogP contribution is -2.30. The number of hydrogen-bond donors (Lipinski definition) is 3. The smallest absolute Gasteiger partial charge is 0.341 e. The van der Waals surface area contributed by atoms with E-state index in [4.69, 9.17) is 9.84 Å². The van der Waals surface area contributed by atoms with Gasteiger partial charge in [0.25, 0.3) is 11.6 Å². The van der Waals surface area contributed by atoms with Crippen LogP contribution in [0.4, 0.5) is 17.1 Å². The van der Waals surface area contributed by atoms with Crippen LogP contribution in [0.5, 0.6) is 0 Å². The minimum absolute atomic E-state index is 0.0815. The van der Waals surface area contributed by atoms with Crippen molar-refractivity contribution in [2.45, 2.75) is 13.0 Å². The Morgan fingerprint density at radius 2 is 1.62 bits per heavy atom. The normalized spacial score (nSPS) is 12.7. The summed E-state index contributed by atoms with van der Waals surface area (Å²) in [6.45, 7) is 1.15. The fourth-order valence-electron chi connectivity index (χ4n) is 3.86. The second-order valence-electron chi connectivity index (χ2n) is 8.14. The van der Waals surface area contributed by atoms with E-state index in [2.05, 4.69) is 10.6 Å². The van der Waals surface area contributed by atoms with Crippen molar-refractivity contribution in [2.24, 2.45) is 0 Å². The van der Waals surface area contributed by atoms with E-state index in [1.165, 1.54) is 37.3 Å². The first kappa shape index (κ1) is 25.2. The first-order valence-corrected chi connectivity index (χ1v) is 11.2. The van der Waals surface area contributed by atoms with E-state index in [-0.39, 0.29) is 64.0 Å². The number of nitrogens with zero attached hydrogens (tertiary/aromatic N) is 1. The second-order valence-corrected chi connectivity index (χ2v) is 8.14. The Hall–Kier alpha value is -4.90. The molecule has 3 N–H and O–H groups in total. The van der Waals surface area contributed by atoms with Crippen molar-refractivity contribution in [3.05, 3.63) is 98.6 Å². The molecule has 0 bridgehead atoms. The summed E-state index contributed by atoms with van der Waals surface area (Å²) < 4.78 is 5.23. The zero-order valence-corrected chi connectivity index (χ0v) is 19.5. The van der Waals surface area contributed by atoms with Gasteiger partial charge in [-0.15, -0.1) is 0 Å². The monoisotopic (exact) mass is 503 g/mol. The van der Waals surface area contributed by atoms with Crippen LogP contribution in [-0.2, 0) is 9.53 Å². The molecule has 1 atom stereocenters. The number of nitrogens with one attached hydrogen (secondary N) is 2. The molecule has 0 fully saturated rings. The van der Waals surface area contributed by atoms with Gasteiger partial charge < -0.3 is 20.5 Å². The molecule has 11 heteroatoms. The van der Waals surface area contributed by atoms with Gasteiger partial charge in [-0.2, -0.15) is 0 Å². The van der Waals surface area contributed by atoms with Crippen LogP contribution in [-0.4, -0.2) is 52.7 Å². The van der Waals surface area contributed by atoms with Crippen molar-refractivity contribution in [3.63, 3.8) is 0 Å². The van der Waals surface area contributed by atoms with Gasteiger partial charge in [0.15, 0.2) is 17.7 Å². The third-order valence-corrected chi connectivity index (χ3v) is 5.71. The summed E-state index contributed by atoms with van der Waals surface area (Å²) in [5.41, 5.74) is 0.812. The molecule has 0 spiro atoms. The minimum atomic E-state index is -1.31. The number of benzene rings is 3. The van der Waals surface area contributed by atoms with Gasteiger partial charge in [0.2, 0.25) is 0 Å². The van der Waals surface area contributed by atoms with Gasteiger partial charge in [0.1, 0.15) is 0 Å². The molecule has 1 aliphatic rings. The molecule has 0 aliphatic heterocycles. The summed E-state index contributed by atoms with van der Waals surface area (Å²) in [5.74, 6) is -2.37. The third-order valence-electron chi connectivity index (χ3n) is 5.71. The number of aliphatic hydroxyl groups is 1. The van der Waals surface area contributed by atoms with Crippen LogP contribution >= 0.6 is 0 Å². The first-order valence-electron chi connectivity index (χ1n) is 11.2. The number of nitro groups is 1. The summed E-state index contributed by atoms with van der Waals surface area (Å²) in [6.07, 6.45) is -1.31. The highest BCUT2D eigenvalue weighted by atomic mass is 16.6. The highest BCUT2D eigenvalue weighted by Gasteiger charge is 2.30. The molecule has 0 radical (unpaired) electrons. The molecule has 4 rings (SSSR count). The van der Waals surface area contributed by atoms with Crippen molar-refractivity contribution in [2.75, 3.05) is 23.8 Å². The van der Waals surface area contributed by atoms with Crippen LogP contribution in [0.15, 0.2) is 60.7 Å². The molecule has 3 aromatic rings. The summed E-state index contributed by atoms with van der Waals surface area (Å²) in [5, 5.41) is 25.5. The Morgan fingerprint density at radius 3 is 2.27 bits per heavy atom. The molecule has 188 valence electrons. The Morgan fingerprint density at radius 1 is 0.973 bits per heavy atom. The molecule has 0 heterocycles. The van der Waals surface area contributed by atoms with E-state index in [0.717, 1.165) is 6.07 Å². The Kier molecular flexibility index (Phi) is 7.07. The number of ketones is 2. The van der Waals surface area contributed by atoms with Crippen molar-refractivity contribution < 1.29 is 33.9 Å². The average Bonchev–Trinajstić information content (AvgIpc) is 2.90. The van der Waals surface area contributed by atoms with Gasteiger partial charge >= 0.3 is 5.97 Å². The molecule has 1 amide bonds. The number of carbonyl (C=O) groups is 4. The van der Waals surface area contributed by atoms with Crippen molar-refractivity contribution in [3.8, 4) is 0 Å². The lowest BCUT2D eigenvalue weighted by atomic mass is 9.84. The zero-order valence-electron chi connectivity index (χ0n) is 19.5. The SMILES string of the molecule is CC(OC(=O)c1cc([N+](=O)[O-])ccc1NCCO)C(=O)Nc1ccc2c(c1)C(=O)c1ccccc1C2=O. The number of amides is 1. The number of rotatable bonds is 8. The number of carbonyl (C=O) groups excluding carboxylic acids is 4. The standard InChI is InChI=1S/C26H21N3O8/c1-14(37-26(34)21-13-16(29(35)36)7-9-22(21)27-10-11-30)25(33)28-15-6-8-19-20(12-15)24(32)18-5-3-2-4-17(18)23(19)31/h2-9,12-14,27,30H,10-11H2,1H3,(H,28,33). The molecule has 37 heavy (non-hydrogen) atoms. The van der Waals surface area contributed by atoms with E-state index in [1.54, 1.807) is 24.3 Å². The number of non-ortho nitro benzene ring substituents is 1. The fraction of sp³-hybridized carbons (Fsp3) is 0.154. The molecular weight excluding hydrogens is 482 g/mol. The van der Waals surface area contributed by atoms with Crippen LogP contribution in [0.3, 0.4) is 0 Å². The van der Waals surface area contributed by atoms with Gasteiger partial charge in [0, 0.05) is 52.3 Å². The van der Waals surface area contributed by atoms with Crippen LogP contribution in [0.25, 0.3) is 0 Å². The molecule has 1 unspecified atom stereocenters. The number of fused-ring (bicyclic) bond motifs is 2. The third kappa shape index (κ3) is 5.07. The number of anilines is 2. The lowest BCUT2D eigenvalue weighted by molar-refractivity contribution is -0.384. The highest BCUT2D eigenvalue weighted by Crippen LogP contribution is 2.29. The fourth-order valence-corrected chi connectivity index (χ4v) is 3.86. The number of ether oxygens (including phenoxy) is 1. The lowest BCUT2D eigenvalue weighted by Gasteiger charge is -2.19. The maximum Gasteiger partial charge on any atom is 0.341 e. The Bertz CT molecular complexity index is 1450. The predicted molar refractivity (Wildman–Crippen MR) is 132 cm³/mol. The van der Waals surface area contributed by atoms with E-state index in [1.807, 2.05) is 0 Å². The second kappa shape index (κ2) is 10.4. The van der Waals surface area contributed by atoms with Crippen molar-refractivity contribution in [1.29, 1.82) is 0 Å². The molecule has 0 aromatic heterocycles. The molecule has 0 saturated carbocycles. The van der Waals surface area contributed by atoms with E-state index in [9.17, 15) is 29.3 Å². The maximum absolute atomic E-state index is 12.9. The summed E-state index contributed by atoms with van der Waals surface area (Å²) in [7, 11) is 0. The van der Waals surface area contributed by atoms with Crippen molar-refractivity contribution >= 4 is 40.5 Å². The molecule has 1 aliphatic carbocycles. The average molecular weight is 503 g/mol. The molecule has 11 nitrogen and oxygen atoms in total. The van der Waals surface area contributed by atoms with Gasteiger partial charge in [-0.25, -0.2) is 4.79 Å². The Labute approximate surface area is 210 Å². The van der Waals surface area contributed by atoms with Gasteiger partial charge in [0.05, 0.1) is 17.1 Å². The topological polar surface area (TPSA) is 165 Å². The molecular formula is C26H21N3O8. The number of nitro benzene ring substituents is 1. The quantitative estimate of drug-likeness (QED) is 0.186. The van der Waals surface area contributed by atoms with Crippen LogP contribution < -0.4 is 10.6 Å². The summed E-state index contributed by atoms with van der Waals surface area (Å²) in [4.78, 5) is 61.6. The van der Waals surface area contributed by atoms with Crippen LogP contribution in [0.1, 0.15) is 49.1 Å². The van der Waals surface area contributed by atoms with Crippen molar-refractivity contribution in [1.82, 2.24) is 0 Å². The first-order chi connectivity index (χ1) is 17.7. The minimum Gasteiger partial charge on any atom is -0.449 e. The van der Waals surface area contributed by atoms with Gasteiger partial charge in [-0.3, -0.25) is 24.5 Å². The van der Waals surface area contributed by atoms with Crippen LogP contribution in [0.2, 0.25) is 0 Å². The Balaban J connectivity index is 1.50. The zero-order chi connectivity index (χ0) is 26.7. The van der Waals surface area contributed by atoms with Crippen LogP contribution in [0, 0.1) is 10.1 Å². The molecule has 3 aromatic carbocycles. The largest absolute Gasteiger partial charge is 0.449 e. The molecule has 0 saturated heterocycles. The summed E-state index contributed by atoms with van der Waals surface area (Å²) in [6, 6.07) is 14.3. The van der Waals surface area contributed by atoms with E-state index >= 15 is 0 Å². The number of hydrogen-bond acceptors (Lipinski definition) is 9.